The highest BCUT2D eigenvalue weighted by Gasteiger charge is 1.99. The van der Waals surface area contributed by atoms with Crippen LogP contribution in [-0.2, 0) is 12.8 Å². The standard InChI is InChI=1S/C11H16N/c1-3-6-10-8-5-9-12-11(10)7-4-2/h8-9H,3-4,6-7H2,1-2H3. The van der Waals surface area contributed by atoms with Crippen molar-refractivity contribution in [2.75, 3.05) is 0 Å². The molecule has 0 atom stereocenters. The van der Waals surface area contributed by atoms with Crippen LogP contribution in [0, 0.1) is 6.07 Å². The van der Waals surface area contributed by atoms with Crippen molar-refractivity contribution in [2.24, 2.45) is 0 Å². The number of aryl methyl sites for hydroxylation is 2. The van der Waals surface area contributed by atoms with E-state index in [0.29, 0.717) is 0 Å². The zero-order valence-corrected chi connectivity index (χ0v) is 7.93. The van der Waals surface area contributed by atoms with Crippen molar-refractivity contribution in [1.29, 1.82) is 0 Å². The van der Waals surface area contributed by atoms with Crippen LogP contribution in [0.1, 0.15) is 37.9 Å². The molecule has 1 nitrogen and oxygen atoms in total. The van der Waals surface area contributed by atoms with Crippen LogP contribution in [0.3, 0.4) is 0 Å². The van der Waals surface area contributed by atoms with E-state index in [9.17, 15) is 0 Å². The second kappa shape index (κ2) is 4.91. The summed E-state index contributed by atoms with van der Waals surface area (Å²) in [6.07, 6.45) is 6.37. The average molecular weight is 162 g/mol. The molecule has 0 aliphatic heterocycles. The molecule has 0 amide bonds. The minimum absolute atomic E-state index is 1.10. The molecule has 1 aromatic rings. The molecule has 0 bridgehead atoms. The van der Waals surface area contributed by atoms with Crippen LogP contribution in [0.15, 0.2) is 12.3 Å². The van der Waals surface area contributed by atoms with Gasteiger partial charge in [-0.1, -0.05) is 26.7 Å². The van der Waals surface area contributed by atoms with E-state index in [-0.39, 0.29) is 0 Å². The fourth-order valence-corrected chi connectivity index (χ4v) is 1.37. The smallest absolute Gasteiger partial charge is 0.0435 e. The van der Waals surface area contributed by atoms with Gasteiger partial charge in [-0.2, -0.15) is 0 Å². The predicted molar refractivity (Wildman–Crippen MR) is 51.1 cm³/mol. The molecule has 65 valence electrons. The van der Waals surface area contributed by atoms with Crippen LogP contribution in [0.4, 0.5) is 0 Å². The maximum absolute atomic E-state index is 4.33. The van der Waals surface area contributed by atoms with Gasteiger partial charge in [0.1, 0.15) is 0 Å². The minimum Gasteiger partial charge on any atom is -0.260 e. The Morgan fingerprint density at radius 2 is 2.00 bits per heavy atom. The van der Waals surface area contributed by atoms with Crippen molar-refractivity contribution in [3.05, 3.63) is 29.6 Å². The van der Waals surface area contributed by atoms with Gasteiger partial charge in [0, 0.05) is 18.0 Å². The van der Waals surface area contributed by atoms with Crippen LogP contribution in [0.2, 0.25) is 0 Å². The van der Waals surface area contributed by atoms with Gasteiger partial charge in [-0.15, -0.1) is 0 Å². The Bertz CT molecular complexity index is 205. The molecule has 0 fully saturated rings. The first-order valence-corrected chi connectivity index (χ1v) is 4.72. The Kier molecular flexibility index (Phi) is 3.78. The third-order valence-corrected chi connectivity index (χ3v) is 1.93. The summed E-state index contributed by atoms with van der Waals surface area (Å²) >= 11 is 0. The van der Waals surface area contributed by atoms with Crippen molar-refractivity contribution in [1.82, 2.24) is 4.98 Å². The Morgan fingerprint density at radius 1 is 1.25 bits per heavy atom. The molecule has 0 saturated carbocycles. The summed E-state index contributed by atoms with van der Waals surface area (Å²) in [5.41, 5.74) is 2.64. The van der Waals surface area contributed by atoms with E-state index in [0.717, 1.165) is 12.8 Å². The Morgan fingerprint density at radius 3 is 2.67 bits per heavy atom. The van der Waals surface area contributed by atoms with Crippen molar-refractivity contribution in [3.63, 3.8) is 0 Å². The first-order valence-electron chi connectivity index (χ1n) is 4.72. The highest BCUT2D eigenvalue weighted by molar-refractivity contribution is 5.19. The summed E-state index contributed by atoms with van der Waals surface area (Å²) in [6.45, 7) is 4.39. The summed E-state index contributed by atoms with van der Waals surface area (Å²) in [5, 5.41) is 0. The van der Waals surface area contributed by atoms with Crippen LogP contribution >= 0.6 is 0 Å². The van der Waals surface area contributed by atoms with E-state index in [1.54, 1.807) is 6.20 Å². The maximum Gasteiger partial charge on any atom is 0.0435 e. The van der Waals surface area contributed by atoms with Gasteiger partial charge in [0.05, 0.1) is 0 Å². The second-order valence-electron chi connectivity index (χ2n) is 3.04. The summed E-state index contributed by atoms with van der Waals surface area (Å²) in [6, 6.07) is 5.10. The number of aromatic nitrogens is 1. The van der Waals surface area contributed by atoms with Gasteiger partial charge in [-0.05, 0) is 24.5 Å². The fraction of sp³-hybridized carbons (Fsp3) is 0.545. The van der Waals surface area contributed by atoms with Crippen molar-refractivity contribution >= 4 is 0 Å². The Hall–Kier alpha value is -0.850. The van der Waals surface area contributed by atoms with Crippen LogP contribution < -0.4 is 0 Å². The zero-order chi connectivity index (χ0) is 8.81. The molecule has 1 rings (SSSR count). The lowest BCUT2D eigenvalue weighted by Crippen LogP contribution is -1.96. The van der Waals surface area contributed by atoms with Gasteiger partial charge >= 0.3 is 0 Å². The number of rotatable bonds is 4. The molecule has 0 unspecified atom stereocenters. The first-order chi connectivity index (χ1) is 5.88. The minimum atomic E-state index is 1.10. The lowest BCUT2D eigenvalue weighted by atomic mass is 10.1. The third kappa shape index (κ3) is 2.33. The highest BCUT2D eigenvalue weighted by Crippen LogP contribution is 2.09. The lowest BCUT2D eigenvalue weighted by molar-refractivity contribution is 0.828. The van der Waals surface area contributed by atoms with E-state index in [1.807, 2.05) is 0 Å². The predicted octanol–water partition coefficient (Wildman–Crippen LogP) is 2.79. The molecule has 0 aromatic carbocycles. The third-order valence-electron chi connectivity index (χ3n) is 1.93. The van der Waals surface area contributed by atoms with Crippen molar-refractivity contribution in [3.8, 4) is 0 Å². The number of hydrogen-bond acceptors (Lipinski definition) is 1. The van der Waals surface area contributed by atoms with Gasteiger partial charge in [0.15, 0.2) is 0 Å². The molecule has 0 saturated heterocycles. The molecule has 1 radical (unpaired) electrons. The largest absolute Gasteiger partial charge is 0.260 e. The molecule has 0 aliphatic rings. The van der Waals surface area contributed by atoms with Crippen molar-refractivity contribution < 1.29 is 0 Å². The molecule has 0 spiro atoms. The van der Waals surface area contributed by atoms with Gasteiger partial charge in [0.2, 0.25) is 0 Å². The van der Waals surface area contributed by atoms with Crippen LogP contribution in [-0.4, -0.2) is 4.98 Å². The van der Waals surface area contributed by atoms with Gasteiger partial charge < -0.3 is 0 Å². The maximum atomic E-state index is 4.33. The molecular formula is C11H16N. The van der Waals surface area contributed by atoms with E-state index < -0.39 is 0 Å². The average Bonchev–Trinajstić information content (AvgIpc) is 2.09. The normalized spacial score (nSPS) is 10.2. The molecule has 1 aromatic heterocycles. The van der Waals surface area contributed by atoms with Gasteiger partial charge in [-0.3, -0.25) is 4.98 Å². The van der Waals surface area contributed by atoms with E-state index in [2.05, 4.69) is 31.0 Å². The Labute approximate surface area is 74.8 Å². The van der Waals surface area contributed by atoms with Crippen LogP contribution in [0.5, 0.6) is 0 Å². The quantitative estimate of drug-likeness (QED) is 0.663. The first kappa shape index (κ1) is 9.24. The monoisotopic (exact) mass is 162 g/mol. The fourth-order valence-electron chi connectivity index (χ4n) is 1.37. The summed E-state index contributed by atoms with van der Waals surface area (Å²) in [4.78, 5) is 4.33. The number of hydrogen-bond donors (Lipinski definition) is 0. The van der Waals surface area contributed by atoms with E-state index >= 15 is 0 Å². The molecule has 1 heterocycles. The van der Waals surface area contributed by atoms with Crippen molar-refractivity contribution in [2.45, 2.75) is 39.5 Å². The molecule has 12 heavy (non-hydrogen) atoms. The SMILES string of the molecule is CCCc1c[c]cnc1CCC. The molecule has 0 N–H and O–H groups in total. The van der Waals surface area contributed by atoms with Gasteiger partial charge in [0.25, 0.3) is 0 Å². The highest BCUT2D eigenvalue weighted by atomic mass is 14.7. The molecular weight excluding hydrogens is 146 g/mol. The molecule has 1 heteroatoms. The van der Waals surface area contributed by atoms with Gasteiger partial charge in [-0.25, -0.2) is 0 Å². The lowest BCUT2D eigenvalue weighted by Gasteiger charge is -2.04. The summed E-state index contributed by atoms with van der Waals surface area (Å²) < 4.78 is 0. The Balaban J connectivity index is 2.77. The van der Waals surface area contributed by atoms with E-state index in [1.165, 1.54) is 24.1 Å². The molecule has 0 aliphatic carbocycles. The summed E-state index contributed by atoms with van der Waals surface area (Å²) in [5.74, 6) is 0. The second-order valence-corrected chi connectivity index (χ2v) is 3.04. The topological polar surface area (TPSA) is 12.9 Å². The zero-order valence-electron chi connectivity index (χ0n) is 7.93. The van der Waals surface area contributed by atoms with E-state index in [4.69, 9.17) is 0 Å². The number of nitrogens with zero attached hydrogens (tertiary/aromatic N) is 1. The summed E-state index contributed by atoms with van der Waals surface area (Å²) in [7, 11) is 0. The number of pyridine rings is 1. The van der Waals surface area contributed by atoms with Crippen LogP contribution in [0.25, 0.3) is 0 Å².